The molecule has 0 radical (unpaired) electrons. The summed E-state index contributed by atoms with van der Waals surface area (Å²) >= 11 is 0. The van der Waals surface area contributed by atoms with Crippen LogP contribution in [-0.4, -0.2) is 14.4 Å². The lowest BCUT2D eigenvalue weighted by Gasteiger charge is -2.01. The number of aryl methyl sites for hydroxylation is 1. The summed E-state index contributed by atoms with van der Waals surface area (Å²) in [6, 6.07) is 4.83. The second-order valence-corrected chi connectivity index (χ2v) is 4.11. The number of nitrogen functional groups attached to an aromatic ring is 1. The van der Waals surface area contributed by atoms with Gasteiger partial charge in [0.2, 0.25) is 0 Å². The van der Waals surface area contributed by atoms with Crippen molar-refractivity contribution in [2.24, 2.45) is 0 Å². The van der Waals surface area contributed by atoms with Crippen molar-refractivity contribution in [3.05, 3.63) is 48.2 Å². The number of nitrogens with zero attached hydrogens (tertiary/aromatic N) is 3. The van der Waals surface area contributed by atoms with Crippen molar-refractivity contribution in [3.63, 3.8) is 0 Å². The Bertz CT molecular complexity index is 733. The molecule has 1 aromatic carbocycles. The molecule has 4 nitrogen and oxygen atoms in total. The van der Waals surface area contributed by atoms with Crippen molar-refractivity contribution in [3.8, 4) is 11.3 Å². The molecule has 0 spiro atoms. The van der Waals surface area contributed by atoms with Gasteiger partial charge in [0.25, 0.3) is 0 Å². The Hall–Kier alpha value is -2.43. The Balaban J connectivity index is 2.25. The van der Waals surface area contributed by atoms with Gasteiger partial charge in [-0.2, -0.15) is 0 Å². The number of benzene rings is 1. The van der Waals surface area contributed by atoms with Crippen LogP contribution in [0.25, 0.3) is 16.9 Å². The van der Waals surface area contributed by atoms with Gasteiger partial charge in [0, 0.05) is 18.0 Å². The van der Waals surface area contributed by atoms with Gasteiger partial charge in [0.1, 0.15) is 17.3 Å². The number of rotatable bonds is 1. The van der Waals surface area contributed by atoms with E-state index in [2.05, 4.69) is 9.97 Å². The second-order valence-electron chi connectivity index (χ2n) is 4.11. The zero-order valence-corrected chi connectivity index (χ0v) is 9.76. The minimum absolute atomic E-state index is 0.234. The van der Waals surface area contributed by atoms with Crippen molar-refractivity contribution in [2.75, 3.05) is 5.73 Å². The molecule has 0 fully saturated rings. The Morgan fingerprint density at radius 3 is 2.89 bits per heavy atom. The lowest BCUT2D eigenvalue weighted by Crippen LogP contribution is -1.94. The molecule has 3 rings (SSSR count). The minimum atomic E-state index is -0.234. The Labute approximate surface area is 103 Å². The standard InChI is InChI=1S/C13H11FN4/c1-8-6-9(2-3-10(8)14)12-13(15)18-5-4-16-7-11(18)17-12/h2-7H,15H2,1H3. The minimum Gasteiger partial charge on any atom is -0.383 e. The first-order chi connectivity index (χ1) is 8.66. The van der Waals surface area contributed by atoms with Gasteiger partial charge >= 0.3 is 0 Å². The summed E-state index contributed by atoms with van der Waals surface area (Å²) in [4.78, 5) is 8.40. The molecule has 0 atom stereocenters. The predicted octanol–water partition coefficient (Wildman–Crippen LogP) is 2.43. The second kappa shape index (κ2) is 3.80. The number of imidazole rings is 1. The maximum atomic E-state index is 13.3. The fourth-order valence-corrected chi connectivity index (χ4v) is 1.93. The largest absolute Gasteiger partial charge is 0.383 e. The summed E-state index contributed by atoms with van der Waals surface area (Å²) in [5.74, 6) is 0.293. The third-order valence-electron chi connectivity index (χ3n) is 2.90. The average Bonchev–Trinajstić information content (AvgIpc) is 2.71. The molecule has 0 aliphatic carbocycles. The van der Waals surface area contributed by atoms with E-state index in [4.69, 9.17) is 5.73 Å². The van der Waals surface area contributed by atoms with Gasteiger partial charge in [-0.25, -0.2) is 9.37 Å². The number of halogens is 1. The Morgan fingerprint density at radius 1 is 1.33 bits per heavy atom. The highest BCUT2D eigenvalue weighted by molar-refractivity contribution is 5.74. The fourth-order valence-electron chi connectivity index (χ4n) is 1.93. The molecule has 5 heteroatoms. The van der Waals surface area contributed by atoms with Gasteiger partial charge in [-0.05, 0) is 30.7 Å². The van der Waals surface area contributed by atoms with E-state index < -0.39 is 0 Å². The van der Waals surface area contributed by atoms with Crippen LogP contribution in [0, 0.1) is 12.7 Å². The molecule has 3 aromatic rings. The van der Waals surface area contributed by atoms with Crippen molar-refractivity contribution in [2.45, 2.75) is 6.92 Å². The number of aromatic nitrogens is 3. The first-order valence-corrected chi connectivity index (χ1v) is 5.51. The molecule has 2 N–H and O–H groups in total. The molecule has 0 aliphatic rings. The average molecular weight is 242 g/mol. The lowest BCUT2D eigenvalue weighted by atomic mass is 10.1. The van der Waals surface area contributed by atoms with Crippen LogP contribution in [0.2, 0.25) is 0 Å². The molecule has 0 saturated heterocycles. The van der Waals surface area contributed by atoms with Gasteiger partial charge in [-0.1, -0.05) is 0 Å². The molecule has 2 heterocycles. The van der Waals surface area contributed by atoms with Crippen molar-refractivity contribution < 1.29 is 4.39 Å². The molecule has 18 heavy (non-hydrogen) atoms. The number of hydrogen-bond donors (Lipinski definition) is 1. The van der Waals surface area contributed by atoms with Crippen molar-refractivity contribution >= 4 is 11.5 Å². The van der Waals surface area contributed by atoms with E-state index in [1.165, 1.54) is 6.07 Å². The molecular formula is C13H11FN4. The fraction of sp³-hybridized carbons (Fsp3) is 0.0769. The first-order valence-electron chi connectivity index (χ1n) is 5.51. The summed E-state index contributed by atoms with van der Waals surface area (Å²) < 4.78 is 15.0. The third kappa shape index (κ3) is 1.52. The summed E-state index contributed by atoms with van der Waals surface area (Å²) in [7, 11) is 0. The normalized spacial score (nSPS) is 11.0. The number of hydrogen-bond acceptors (Lipinski definition) is 3. The van der Waals surface area contributed by atoms with Crippen LogP contribution in [0.15, 0.2) is 36.8 Å². The van der Waals surface area contributed by atoms with Crippen LogP contribution in [0.1, 0.15) is 5.56 Å². The Kier molecular flexibility index (Phi) is 2.26. The van der Waals surface area contributed by atoms with E-state index in [1.807, 2.05) is 0 Å². The summed E-state index contributed by atoms with van der Waals surface area (Å²) in [5.41, 5.74) is 8.73. The van der Waals surface area contributed by atoms with E-state index in [0.717, 1.165) is 5.56 Å². The third-order valence-corrected chi connectivity index (χ3v) is 2.90. The smallest absolute Gasteiger partial charge is 0.157 e. The molecular weight excluding hydrogens is 231 g/mol. The van der Waals surface area contributed by atoms with E-state index in [0.29, 0.717) is 22.7 Å². The van der Waals surface area contributed by atoms with Crippen molar-refractivity contribution in [1.29, 1.82) is 0 Å². The van der Waals surface area contributed by atoms with Gasteiger partial charge in [-0.3, -0.25) is 9.38 Å². The Morgan fingerprint density at radius 2 is 2.17 bits per heavy atom. The van der Waals surface area contributed by atoms with Crippen LogP contribution in [0.5, 0.6) is 0 Å². The quantitative estimate of drug-likeness (QED) is 0.713. The summed E-state index contributed by atoms with van der Waals surface area (Å²) in [6.07, 6.45) is 5.03. The van der Waals surface area contributed by atoms with E-state index in [9.17, 15) is 4.39 Å². The molecule has 2 aromatic heterocycles. The number of anilines is 1. The highest BCUT2D eigenvalue weighted by atomic mass is 19.1. The van der Waals surface area contributed by atoms with Crippen LogP contribution >= 0.6 is 0 Å². The molecule has 0 amide bonds. The van der Waals surface area contributed by atoms with Crippen molar-refractivity contribution in [1.82, 2.24) is 14.4 Å². The summed E-state index contributed by atoms with van der Waals surface area (Å²) in [6.45, 7) is 1.71. The van der Waals surface area contributed by atoms with E-state index >= 15 is 0 Å². The summed E-state index contributed by atoms with van der Waals surface area (Å²) in [5, 5.41) is 0. The molecule has 0 bridgehead atoms. The highest BCUT2D eigenvalue weighted by Crippen LogP contribution is 2.27. The van der Waals surface area contributed by atoms with Gasteiger partial charge in [0.05, 0.1) is 6.20 Å². The SMILES string of the molecule is Cc1cc(-c2nc3cnccn3c2N)ccc1F. The molecule has 0 unspecified atom stereocenters. The lowest BCUT2D eigenvalue weighted by molar-refractivity contribution is 0.619. The first kappa shape index (κ1) is 10.7. The number of nitrogens with two attached hydrogens (primary N) is 1. The van der Waals surface area contributed by atoms with Crippen LogP contribution in [0.4, 0.5) is 10.2 Å². The zero-order chi connectivity index (χ0) is 12.7. The van der Waals surface area contributed by atoms with E-state index in [1.54, 1.807) is 42.0 Å². The molecule has 90 valence electrons. The van der Waals surface area contributed by atoms with Gasteiger partial charge in [-0.15, -0.1) is 0 Å². The topological polar surface area (TPSA) is 56.2 Å². The van der Waals surface area contributed by atoms with Crippen LogP contribution in [-0.2, 0) is 0 Å². The van der Waals surface area contributed by atoms with Crippen LogP contribution < -0.4 is 5.73 Å². The van der Waals surface area contributed by atoms with E-state index in [-0.39, 0.29) is 5.82 Å². The predicted molar refractivity (Wildman–Crippen MR) is 67.5 cm³/mol. The maximum Gasteiger partial charge on any atom is 0.157 e. The van der Waals surface area contributed by atoms with Crippen LogP contribution in [0.3, 0.4) is 0 Å². The van der Waals surface area contributed by atoms with Gasteiger partial charge in [0.15, 0.2) is 5.65 Å². The number of fused-ring (bicyclic) bond motifs is 1. The molecule has 0 saturated carbocycles. The monoisotopic (exact) mass is 242 g/mol. The molecule has 0 aliphatic heterocycles. The van der Waals surface area contributed by atoms with Gasteiger partial charge < -0.3 is 5.73 Å². The maximum absolute atomic E-state index is 13.3. The zero-order valence-electron chi connectivity index (χ0n) is 9.76. The highest BCUT2D eigenvalue weighted by Gasteiger charge is 2.11.